The Bertz CT molecular complexity index is 174. The van der Waals surface area contributed by atoms with Crippen LogP contribution < -0.4 is 0 Å². The first-order valence-corrected chi connectivity index (χ1v) is 3.56. The highest BCUT2D eigenvalue weighted by Gasteiger charge is 2.43. The molecule has 0 saturated heterocycles. The van der Waals surface area contributed by atoms with Crippen molar-refractivity contribution in [2.75, 3.05) is 0 Å². The van der Waals surface area contributed by atoms with Crippen molar-refractivity contribution in [2.24, 2.45) is 0 Å². The molecule has 1 rings (SSSR count). The molecule has 0 amide bonds. The molecular formula is C7H12O5. The molecule has 1 fully saturated rings. The van der Waals surface area contributed by atoms with Gasteiger partial charge in [0.15, 0.2) is 0 Å². The van der Waals surface area contributed by atoms with E-state index in [1.165, 1.54) is 0 Å². The number of aliphatic hydroxyl groups excluding tert-OH is 5. The fourth-order valence-corrected chi connectivity index (χ4v) is 1.19. The summed E-state index contributed by atoms with van der Waals surface area (Å²) in [6.45, 7) is 3.28. The van der Waals surface area contributed by atoms with Crippen LogP contribution in [-0.4, -0.2) is 56.1 Å². The highest BCUT2D eigenvalue weighted by Crippen LogP contribution is 2.24. The van der Waals surface area contributed by atoms with Gasteiger partial charge in [-0.1, -0.05) is 6.58 Å². The SMILES string of the molecule is C=C1C(O)C(O)C(O)C(O)C1O. The van der Waals surface area contributed by atoms with Gasteiger partial charge in [0, 0.05) is 0 Å². The summed E-state index contributed by atoms with van der Waals surface area (Å²) < 4.78 is 0. The molecule has 0 heterocycles. The van der Waals surface area contributed by atoms with Gasteiger partial charge in [0.05, 0.1) is 0 Å². The Morgan fingerprint density at radius 2 is 1.08 bits per heavy atom. The van der Waals surface area contributed by atoms with Crippen molar-refractivity contribution in [1.29, 1.82) is 0 Å². The first-order chi connectivity index (χ1) is 5.46. The molecule has 5 nitrogen and oxygen atoms in total. The summed E-state index contributed by atoms with van der Waals surface area (Å²) in [4.78, 5) is 0. The average molecular weight is 176 g/mol. The van der Waals surface area contributed by atoms with Crippen molar-refractivity contribution in [2.45, 2.75) is 30.5 Å². The zero-order valence-electron chi connectivity index (χ0n) is 6.33. The predicted octanol–water partition coefficient (Wildman–Crippen LogP) is -2.64. The minimum atomic E-state index is -1.54. The molecular weight excluding hydrogens is 164 g/mol. The van der Waals surface area contributed by atoms with Crippen molar-refractivity contribution in [3.05, 3.63) is 12.2 Å². The zero-order valence-corrected chi connectivity index (χ0v) is 6.33. The van der Waals surface area contributed by atoms with Gasteiger partial charge in [0.25, 0.3) is 0 Å². The minimum Gasteiger partial charge on any atom is -0.387 e. The van der Waals surface area contributed by atoms with Crippen molar-refractivity contribution >= 4 is 0 Å². The molecule has 0 radical (unpaired) electrons. The summed E-state index contributed by atoms with van der Waals surface area (Å²) in [7, 11) is 0. The van der Waals surface area contributed by atoms with Gasteiger partial charge in [-0.2, -0.15) is 0 Å². The summed E-state index contributed by atoms with van der Waals surface area (Å²) in [5, 5.41) is 45.4. The number of aliphatic hydroxyl groups is 5. The maximum Gasteiger partial charge on any atom is 0.112 e. The summed E-state index contributed by atoms with van der Waals surface area (Å²) in [5.41, 5.74) is -0.0831. The number of rotatable bonds is 0. The van der Waals surface area contributed by atoms with E-state index >= 15 is 0 Å². The van der Waals surface area contributed by atoms with Crippen LogP contribution in [0, 0.1) is 0 Å². The number of hydrogen-bond acceptors (Lipinski definition) is 5. The summed E-state index contributed by atoms with van der Waals surface area (Å²) in [6, 6.07) is 0. The molecule has 0 bridgehead atoms. The zero-order chi connectivity index (χ0) is 9.46. The first-order valence-electron chi connectivity index (χ1n) is 3.56. The van der Waals surface area contributed by atoms with Gasteiger partial charge in [-0.3, -0.25) is 0 Å². The summed E-state index contributed by atoms with van der Waals surface area (Å²) in [5.74, 6) is 0. The summed E-state index contributed by atoms with van der Waals surface area (Å²) >= 11 is 0. The van der Waals surface area contributed by atoms with Crippen molar-refractivity contribution in [3.63, 3.8) is 0 Å². The fourth-order valence-electron chi connectivity index (χ4n) is 1.19. The molecule has 1 aliphatic rings. The summed E-state index contributed by atoms with van der Waals surface area (Å²) in [6.07, 6.45) is -7.30. The van der Waals surface area contributed by atoms with Crippen LogP contribution in [0.5, 0.6) is 0 Å². The quantitative estimate of drug-likeness (QED) is 0.260. The van der Waals surface area contributed by atoms with E-state index in [0.717, 1.165) is 0 Å². The van der Waals surface area contributed by atoms with E-state index < -0.39 is 30.5 Å². The Hall–Kier alpha value is -0.460. The van der Waals surface area contributed by atoms with Crippen LogP contribution in [0.4, 0.5) is 0 Å². The van der Waals surface area contributed by atoms with E-state index in [0.29, 0.717) is 0 Å². The lowest BCUT2D eigenvalue weighted by molar-refractivity contribution is -0.149. The van der Waals surface area contributed by atoms with Crippen LogP contribution in [-0.2, 0) is 0 Å². The Kier molecular flexibility index (Phi) is 2.50. The van der Waals surface area contributed by atoms with Crippen LogP contribution >= 0.6 is 0 Å². The second-order valence-electron chi connectivity index (χ2n) is 2.94. The van der Waals surface area contributed by atoms with Crippen molar-refractivity contribution < 1.29 is 25.5 Å². The molecule has 0 aromatic heterocycles. The van der Waals surface area contributed by atoms with Crippen molar-refractivity contribution in [3.8, 4) is 0 Å². The number of hydrogen-bond donors (Lipinski definition) is 5. The third kappa shape index (κ3) is 1.26. The third-order valence-corrected chi connectivity index (χ3v) is 2.11. The molecule has 5 heteroatoms. The first kappa shape index (κ1) is 9.63. The second-order valence-corrected chi connectivity index (χ2v) is 2.94. The normalized spacial score (nSPS) is 49.4. The predicted molar refractivity (Wildman–Crippen MR) is 39.2 cm³/mol. The lowest BCUT2D eigenvalue weighted by Crippen LogP contribution is -2.57. The van der Waals surface area contributed by atoms with E-state index in [9.17, 15) is 0 Å². The fraction of sp³-hybridized carbons (Fsp3) is 0.714. The average Bonchev–Trinajstić information content (AvgIpc) is 2.08. The van der Waals surface area contributed by atoms with E-state index in [1.54, 1.807) is 0 Å². The Labute approximate surface area is 69.2 Å². The Morgan fingerprint density at radius 3 is 1.42 bits per heavy atom. The van der Waals surface area contributed by atoms with Gasteiger partial charge in [0.1, 0.15) is 30.5 Å². The monoisotopic (exact) mass is 176 g/mol. The van der Waals surface area contributed by atoms with Gasteiger partial charge < -0.3 is 25.5 Å². The molecule has 1 saturated carbocycles. The molecule has 0 aliphatic heterocycles. The molecule has 0 aromatic carbocycles. The maximum absolute atomic E-state index is 9.12. The second kappa shape index (κ2) is 3.12. The highest BCUT2D eigenvalue weighted by atomic mass is 16.4. The molecule has 70 valence electrons. The maximum atomic E-state index is 9.12. The van der Waals surface area contributed by atoms with E-state index in [1.807, 2.05) is 0 Å². The van der Waals surface area contributed by atoms with Gasteiger partial charge in [-0.25, -0.2) is 0 Å². The molecule has 0 spiro atoms. The molecule has 0 aromatic rings. The highest BCUT2D eigenvalue weighted by molar-refractivity contribution is 5.19. The lowest BCUT2D eigenvalue weighted by Gasteiger charge is -2.37. The van der Waals surface area contributed by atoms with Gasteiger partial charge in [-0.15, -0.1) is 0 Å². The van der Waals surface area contributed by atoms with E-state index in [2.05, 4.69) is 6.58 Å². The van der Waals surface area contributed by atoms with E-state index in [4.69, 9.17) is 25.5 Å². The largest absolute Gasteiger partial charge is 0.387 e. The van der Waals surface area contributed by atoms with Crippen LogP contribution in [0.15, 0.2) is 12.2 Å². The Morgan fingerprint density at radius 1 is 0.750 bits per heavy atom. The van der Waals surface area contributed by atoms with Gasteiger partial charge in [-0.05, 0) is 5.57 Å². The molecule has 12 heavy (non-hydrogen) atoms. The van der Waals surface area contributed by atoms with Gasteiger partial charge in [0.2, 0.25) is 0 Å². The molecule has 4 atom stereocenters. The van der Waals surface area contributed by atoms with Crippen LogP contribution in [0.2, 0.25) is 0 Å². The molecule has 4 unspecified atom stereocenters. The lowest BCUT2D eigenvalue weighted by atomic mass is 9.84. The third-order valence-electron chi connectivity index (χ3n) is 2.11. The van der Waals surface area contributed by atoms with Crippen LogP contribution in [0.1, 0.15) is 0 Å². The molecule has 5 N–H and O–H groups in total. The van der Waals surface area contributed by atoms with Crippen LogP contribution in [0.25, 0.3) is 0 Å². The molecule has 1 aliphatic carbocycles. The minimum absolute atomic E-state index is 0.0831. The van der Waals surface area contributed by atoms with E-state index in [-0.39, 0.29) is 5.57 Å². The smallest absolute Gasteiger partial charge is 0.112 e. The Balaban J connectivity index is 2.83. The van der Waals surface area contributed by atoms with Gasteiger partial charge >= 0.3 is 0 Å². The standard InChI is InChI=1S/C7H12O5/c1-2-3(8)5(10)7(12)6(11)4(2)9/h3-12H,1H2. The van der Waals surface area contributed by atoms with Crippen molar-refractivity contribution in [1.82, 2.24) is 0 Å². The van der Waals surface area contributed by atoms with Crippen LogP contribution in [0.3, 0.4) is 0 Å². The topological polar surface area (TPSA) is 101 Å².